The van der Waals surface area contributed by atoms with Crippen LogP contribution in [0.2, 0.25) is 0 Å². The topological polar surface area (TPSA) is 79.0 Å². The lowest BCUT2D eigenvalue weighted by atomic mass is 10.2. The number of piperazine rings is 1. The molecule has 1 aliphatic heterocycles. The second-order valence-electron chi connectivity index (χ2n) is 7.41. The summed E-state index contributed by atoms with van der Waals surface area (Å²) in [6.45, 7) is 5.73. The number of guanidine groups is 1. The highest BCUT2D eigenvalue weighted by molar-refractivity contribution is 14.0. The Morgan fingerprint density at radius 1 is 1.09 bits per heavy atom. The van der Waals surface area contributed by atoms with Crippen LogP contribution in [-0.2, 0) is 19.7 Å². The molecule has 0 amide bonds. The molecule has 8 nitrogen and oxygen atoms in total. The van der Waals surface area contributed by atoms with Crippen LogP contribution in [0.25, 0.3) is 0 Å². The van der Waals surface area contributed by atoms with E-state index in [1.807, 2.05) is 43.4 Å². The number of halogens is 1. The fourth-order valence-corrected chi connectivity index (χ4v) is 3.57. The van der Waals surface area contributed by atoms with Crippen molar-refractivity contribution in [1.82, 2.24) is 25.3 Å². The summed E-state index contributed by atoms with van der Waals surface area (Å²) in [4.78, 5) is 13.4. The molecule has 3 aromatic rings. The zero-order valence-electron chi connectivity index (χ0n) is 18.2. The van der Waals surface area contributed by atoms with Gasteiger partial charge in [-0.1, -0.05) is 23.4 Å². The Kier molecular flexibility index (Phi) is 9.29. The lowest BCUT2D eigenvalue weighted by molar-refractivity contribution is 0.169. The van der Waals surface area contributed by atoms with Crippen LogP contribution < -0.4 is 10.1 Å². The maximum Gasteiger partial charge on any atom is 0.194 e. The van der Waals surface area contributed by atoms with E-state index in [1.165, 1.54) is 0 Å². The van der Waals surface area contributed by atoms with Gasteiger partial charge in [0.1, 0.15) is 18.6 Å². The van der Waals surface area contributed by atoms with Crippen molar-refractivity contribution in [3.8, 4) is 5.75 Å². The van der Waals surface area contributed by atoms with Crippen molar-refractivity contribution in [2.75, 3.05) is 33.2 Å². The van der Waals surface area contributed by atoms with Crippen molar-refractivity contribution in [3.63, 3.8) is 0 Å². The Labute approximate surface area is 205 Å². The predicted octanol–water partition coefficient (Wildman–Crippen LogP) is 3.16. The number of aliphatic imine (C=N–C) groups is 1. The van der Waals surface area contributed by atoms with Crippen LogP contribution >= 0.6 is 24.0 Å². The smallest absolute Gasteiger partial charge is 0.194 e. The number of ether oxygens (including phenoxy) is 1. The Morgan fingerprint density at radius 2 is 1.97 bits per heavy atom. The van der Waals surface area contributed by atoms with E-state index in [0.717, 1.165) is 61.4 Å². The van der Waals surface area contributed by atoms with E-state index in [-0.39, 0.29) is 24.0 Å². The Balaban J connectivity index is 0.00000289. The van der Waals surface area contributed by atoms with Gasteiger partial charge in [0.05, 0.1) is 11.4 Å². The van der Waals surface area contributed by atoms with E-state index in [4.69, 9.17) is 9.26 Å². The van der Waals surface area contributed by atoms with Crippen molar-refractivity contribution in [3.05, 3.63) is 77.9 Å². The molecule has 9 heteroatoms. The number of aromatic nitrogens is 2. The van der Waals surface area contributed by atoms with Gasteiger partial charge in [-0.15, -0.1) is 24.0 Å². The molecule has 0 unspecified atom stereocenters. The van der Waals surface area contributed by atoms with Crippen molar-refractivity contribution < 1.29 is 9.26 Å². The van der Waals surface area contributed by atoms with E-state index in [1.54, 1.807) is 12.5 Å². The van der Waals surface area contributed by atoms with Gasteiger partial charge >= 0.3 is 0 Å². The molecule has 3 heterocycles. The van der Waals surface area contributed by atoms with Gasteiger partial charge in [0.15, 0.2) is 5.96 Å². The number of rotatable bonds is 7. The zero-order chi connectivity index (χ0) is 21.3. The molecule has 1 fully saturated rings. The lowest BCUT2D eigenvalue weighted by Gasteiger charge is -2.36. The minimum atomic E-state index is 0. The minimum absolute atomic E-state index is 0. The van der Waals surface area contributed by atoms with Crippen LogP contribution in [-0.4, -0.2) is 59.1 Å². The number of hydrogen-bond acceptors (Lipinski definition) is 6. The number of nitrogens with zero attached hydrogens (tertiary/aromatic N) is 5. The third kappa shape index (κ3) is 6.92. The summed E-state index contributed by atoms with van der Waals surface area (Å²) in [5.74, 6) is 1.75. The summed E-state index contributed by atoms with van der Waals surface area (Å²) in [6, 6.07) is 15.9. The summed E-state index contributed by atoms with van der Waals surface area (Å²) in [5.41, 5.74) is 3.03. The Morgan fingerprint density at radius 3 is 2.69 bits per heavy atom. The number of pyridine rings is 1. The van der Waals surface area contributed by atoms with Gasteiger partial charge in [0, 0.05) is 58.6 Å². The van der Waals surface area contributed by atoms with Gasteiger partial charge in [-0.25, -0.2) is 0 Å². The number of hydrogen-bond donors (Lipinski definition) is 1. The van der Waals surface area contributed by atoms with Crippen LogP contribution in [0.1, 0.15) is 17.0 Å². The summed E-state index contributed by atoms with van der Waals surface area (Å²) in [5, 5.41) is 7.48. The molecule has 32 heavy (non-hydrogen) atoms. The predicted molar refractivity (Wildman–Crippen MR) is 134 cm³/mol. The van der Waals surface area contributed by atoms with Crippen LogP contribution in [0.3, 0.4) is 0 Å². The van der Waals surface area contributed by atoms with E-state index >= 15 is 0 Å². The second-order valence-corrected chi connectivity index (χ2v) is 7.41. The molecule has 0 atom stereocenters. The molecule has 1 aromatic carbocycles. The molecule has 0 spiro atoms. The van der Waals surface area contributed by atoms with E-state index < -0.39 is 0 Å². The van der Waals surface area contributed by atoms with Gasteiger partial charge < -0.3 is 19.5 Å². The van der Waals surface area contributed by atoms with E-state index in [0.29, 0.717) is 13.2 Å². The Hall–Kier alpha value is -2.66. The first kappa shape index (κ1) is 24.0. The average molecular weight is 548 g/mol. The maximum atomic E-state index is 5.89. The van der Waals surface area contributed by atoms with Gasteiger partial charge in [-0.3, -0.25) is 14.9 Å². The molecular weight excluding hydrogens is 519 g/mol. The van der Waals surface area contributed by atoms with Crippen molar-refractivity contribution >= 4 is 29.9 Å². The highest BCUT2D eigenvalue weighted by Crippen LogP contribution is 2.15. The largest absolute Gasteiger partial charge is 0.487 e. The molecule has 0 radical (unpaired) electrons. The van der Waals surface area contributed by atoms with E-state index in [2.05, 4.69) is 42.4 Å². The second kappa shape index (κ2) is 12.4. The molecule has 2 aromatic heterocycles. The van der Waals surface area contributed by atoms with Gasteiger partial charge in [0.2, 0.25) is 0 Å². The Bertz CT molecular complexity index is 960. The van der Waals surface area contributed by atoms with Crippen LogP contribution in [0, 0.1) is 0 Å². The monoisotopic (exact) mass is 548 g/mol. The van der Waals surface area contributed by atoms with Crippen LogP contribution in [0.4, 0.5) is 0 Å². The molecule has 4 rings (SSSR count). The molecule has 1 saturated heterocycles. The molecular formula is C23H29IN6O2. The first-order chi connectivity index (χ1) is 15.3. The molecule has 170 valence electrons. The summed E-state index contributed by atoms with van der Waals surface area (Å²) in [7, 11) is 1.83. The SMILES string of the molecule is CN=C(NCc1cccc(OCc2ccccn2)c1)N1CCN(Cc2ccon2)CC1.I. The number of benzene rings is 1. The third-order valence-electron chi connectivity index (χ3n) is 5.22. The third-order valence-corrected chi connectivity index (χ3v) is 5.22. The highest BCUT2D eigenvalue weighted by atomic mass is 127. The first-order valence-electron chi connectivity index (χ1n) is 10.5. The van der Waals surface area contributed by atoms with E-state index in [9.17, 15) is 0 Å². The van der Waals surface area contributed by atoms with Crippen molar-refractivity contribution in [2.45, 2.75) is 19.7 Å². The average Bonchev–Trinajstić information content (AvgIpc) is 3.33. The van der Waals surface area contributed by atoms with Crippen molar-refractivity contribution in [1.29, 1.82) is 0 Å². The summed E-state index contributed by atoms with van der Waals surface area (Å²) < 4.78 is 10.8. The molecule has 0 bridgehead atoms. The molecule has 0 saturated carbocycles. The van der Waals surface area contributed by atoms with Gasteiger partial charge in [0.25, 0.3) is 0 Å². The summed E-state index contributed by atoms with van der Waals surface area (Å²) in [6.07, 6.45) is 3.40. The quantitative estimate of drug-likeness (QED) is 0.276. The first-order valence-corrected chi connectivity index (χ1v) is 10.5. The highest BCUT2D eigenvalue weighted by Gasteiger charge is 2.20. The lowest BCUT2D eigenvalue weighted by Crippen LogP contribution is -2.52. The molecule has 1 aliphatic rings. The van der Waals surface area contributed by atoms with Crippen molar-refractivity contribution in [2.24, 2.45) is 4.99 Å². The zero-order valence-corrected chi connectivity index (χ0v) is 20.5. The summed E-state index contributed by atoms with van der Waals surface area (Å²) >= 11 is 0. The maximum absolute atomic E-state index is 5.89. The van der Waals surface area contributed by atoms with Crippen LogP contribution in [0.15, 0.2) is 70.5 Å². The normalized spacial score (nSPS) is 14.7. The molecule has 0 aliphatic carbocycles. The van der Waals surface area contributed by atoms with Gasteiger partial charge in [-0.05, 0) is 29.8 Å². The van der Waals surface area contributed by atoms with Gasteiger partial charge in [-0.2, -0.15) is 0 Å². The van der Waals surface area contributed by atoms with Crippen LogP contribution in [0.5, 0.6) is 5.75 Å². The molecule has 1 N–H and O–H groups in total. The fourth-order valence-electron chi connectivity index (χ4n) is 3.57. The fraction of sp³-hybridized carbons (Fsp3) is 0.348. The minimum Gasteiger partial charge on any atom is -0.487 e. The standard InChI is InChI=1S/C23H28N6O2.HI/c1-24-23(29-12-10-28(11-13-29)17-20-8-14-31-27-20)26-16-19-5-4-7-22(15-19)30-18-21-6-2-3-9-25-21;/h2-9,14-15H,10-13,16-18H2,1H3,(H,24,26);1H. The number of nitrogens with one attached hydrogen (secondary N) is 1.